The van der Waals surface area contributed by atoms with Crippen LogP contribution in [0.3, 0.4) is 0 Å². The van der Waals surface area contributed by atoms with Crippen LogP contribution in [0, 0.1) is 0 Å². The van der Waals surface area contributed by atoms with Crippen LogP contribution in [0.2, 0.25) is 0 Å². The van der Waals surface area contributed by atoms with E-state index < -0.39 is 12.0 Å². The van der Waals surface area contributed by atoms with Gasteiger partial charge >= 0.3 is 5.97 Å². The van der Waals surface area contributed by atoms with E-state index in [1.54, 1.807) is 26.7 Å². The second kappa shape index (κ2) is 13.7. The molecule has 9 nitrogen and oxygen atoms in total. The molecule has 0 amide bonds. The number of H-pyrrole nitrogens is 1. The van der Waals surface area contributed by atoms with E-state index in [0.717, 1.165) is 0 Å². The molecule has 0 aromatic carbocycles. The van der Waals surface area contributed by atoms with Crippen LogP contribution in [-0.4, -0.2) is 98.9 Å². The third-order valence-corrected chi connectivity index (χ3v) is 3.59. The molecule has 0 bridgehead atoms. The van der Waals surface area contributed by atoms with Gasteiger partial charge in [-0.05, 0) is 0 Å². The molecule has 0 aliphatic carbocycles. The summed E-state index contributed by atoms with van der Waals surface area (Å²) in [6.45, 7) is 3.79. The molecule has 1 heterocycles. The minimum atomic E-state index is -0.892. The number of carboxylic acid groups (broad SMARTS) is 1. The maximum absolute atomic E-state index is 11.7. The van der Waals surface area contributed by atoms with Gasteiger partial charge in [0.15, 0.2) is 0 Å². The van der Waals surface area contributed by atoms with Gasteiger partial charge in [-0.1, -0.05) is 0 Å². The fraction of sp³-hybridized carbons (Fsp3) is 0.750. The highest BCUT2D eigenvalue weighted by Gasteiger charge is 2.26. The number of nitrogens with one attached hydrogen (secondary N) is 1. The van der Waals surface area contributed by atoms with Gasteiger partial charge in [-0.2, -0.15) is 0 Å². The number of carboxylic acids is 1. The van der Waals surface area contributed by atoms with Gasteiger partial charge in [0.25, 0.3) is 0 Å². The number of hydrogen-bond donors (Lipinski definition) is 2. The summed E-state index contributed by atoms with van der Waals surface area (Å²) in [5.41, 5.74) is 0.706. The lowest BCUT2D eigenvalue weighted by molar-refractivity contribution is -0.144. The second-order valence-corrected chi connectivity index (χ2v) is 5.37. The number of nitrogens with zero attached hydrogens (tertiary/aromatic N) is 2. The van der Waals surface area contributed by atoms with E-state index in [1.807, 2.05) is 4.90 Å². The molecule has 0 spiro atoms. The first-order valence-corrected chi connectivity index (χ1v) is 8.27. The number of aromatic nitrogens is 2. The molecular formula is C16H29N3O6. The Morgan fingerprint density at radius 2 is 1.72 bits per heavy atom. The van der Waals surface area contributed by atoms with E-state index in [1.165, 1.54) is 0 Å². The van der Waals surface area contributed by atoms with Crippen LogP contribution in [0.5, 0.6) is 0 Å². The Balaban J connectivity index is 2.55. The molecule has 0 saturated carbocycles. The van der Waals surface area contributed by atoms with Gasteiger partial charge in [-0.3, -0.25) is 9.69 Å². The summed E-state index contributed by atoms with van der Waals surface area (Å²) in [5, 5.41) is 9.62. The molecule has 1 aromatic rings. The van der Waals surface area contributed by atoms with Gasteiger partial charge in [0.1, 0.15) is 6.04 Å². The molecule has 1 rings (SSSR count). The first-order chi connectivity index (χ1) is 12.2. The number of rotatable bonds is 16. The molecule has 0 radical (unpaired) electrons. The van der Waals surface area contributed by atoms with Crippen molar-refractivity contribution in [2.24, 2.45) is 0 Å². The maximum Gasteiger partial charge on any atom is 0.321 e. The zero-order valence-electron chi connectivity index (χ0n) is 15.0. The minimum Gasteiger partial charge on any atom is -0.480 e. The lowest BCUT2D eigenvalue weighted by Crippen LogP contribution is -2.46. The predicted molar refractivity (Wildman–Crippen MR) is 90.7 cm³/mol. The molecule has 1 atom stereocenters. The van der Waals surface area contributed by atoms with Crippen LogP contribution in [0.25, 0.3) is 0 Å². The van der Waals surface area contributed by atoms with E-state index in [4.69, 9.17) is 18.9 Å². The zero-order valence-corrected chi connectivity index (χ0v) is 15.0. The van der Waals surface area contributed by atoms with Crippen molar-refractivity contribution in [3.05, 3.63) is 18.2 Å². The van der Waals surface area contributed by atoms with Crippen molar-refractivity contribution >= 4 is 5.97 Å². The van der Waals surface area contributed by atoms with E-state index >= 15 is 0 Å². The average Bonchev–Trinajstić information content (AvgIpc) is 3.11. The molecular weight excluding hydrogens is 330 g/mol. The number of aromatic amines is 1. The monoisotopic (exact) mass is 359 g/mol. The van der Waals surface area contributed by atoms with Crippen molar-refractivity contribution in [3.63, 3.8) is 0 Å². The smallest absolute Gasteiger partial charge is 0.321 e. The van der Waals surface area contributed by atoms with E-state index in [-0.39, 0.29) is 0 Å². The molecule has 25 heavy (non-hydrogen) atoms. The SMILES string of the molecule is COCCOCCN(CCOCCOC)[C@@H](Cc1c[nH]cn1)C(=O)O. The summed E-state index contributed by atoms with van der Waals surface area (Å²) in [5.74, 6) is -0.892. The van der Waals surface area contributed by atoms with E-state index in [2.05, 4.69) is 9.97 Å². The zero-order chi connectivity index (χ0) is 18.3. The van der Waals surface area contributed by atoms with Crippen molar-refractivity contribution in [2.45, 2.75) is 12.5 Å². The molecule has 0 fully saturated rings. The van der Waals surface area contributed by atoms with Crippen LogP contribution in [0.4, 0.5) is 0 Å². The highest BCUT2D eigenvalue weighted by molar-refractivity contribution is 5.73. The molecule has 2 N–H and O–H groups in total. The van der Waals surface area contributed by atoms with Crippen LogP contribution >= 0.6 is 0 Å². The summed E-state index contributed by atoms with van der Waals surface area (Å²) < 4.78 is 20.8. The van der Waals surface area contributed by atoms with Gasteiger partial charge in [-0.15, -0.1) is 0 Å². The topological polar surface area (TPSA) is 106 Å². The quantitative estimate of drug-likeness (QED) is 0.398. The van der Waals surface area contributed by atoms with Crippen LogP contribution in [-0.2, 0) is 30.2 Å². The van der Waals surface area contributed by atoms with Gasteiger partial charge in [0, 0.05) is 39.9 Å². The molecule has 0 aliphatic heterocycles. The first kappa shape index (κ1) is 21.5. The first-order valence-electron chi connectivity index (χ1n) is 8.27. The van der Waals surface area contributed by atoms with Gasteiger partial charge in [0.05, 0.1) is 51.7 Å². The summed E-state index contributed by atoms with van der Waals surface area (Å²) in [6.07, 6.45) is 3.56. The molecule has 0 saturated heterocycles. The Morgan fingerprint density at radius 1 is 1.12 bits per heavy atom. The lowest BCUT2D eigenvalue weighted by atomic mass is 10.1. The van der Waals surface area contributed by atoms with Gasteiger partial charge < -0.3 is 29.0 Å². The molecule has 1 aromatic heterocycles. The average molecular weight is 359 g/mol. The van der Waals surface area contributed by atoms with E-state index in [9.17, 15) is 9.90 Å². The minimum absolute atomic E-state index is 0.314. The fourth-order valence-electron chi connectivity index (χ4n) is 2.25. The van der Waals surface area contributed by atoms with E-state index in [0.29, 0.717) is 64.8 Å². The van der Waals surface area contributed by atoms with Crippen LogP contribution in [0.1, 0.15) is 5.69 Å². The van der Waals surface area contributed by atoms with Crippen molar-refractivity contribution < 1.29 is 28.8 Å². The summed E-state index contributed by atoms with van der Waals surface area (Å²) in [4.78, 5) is 20.5. The van der Waals surface area contributed by atoms with Crippen LogP contribution in [0.15, 0.2) is 12.5 Å². The van der Waals surface area contributed by atoms with Gasteiger partial charge in [-0.25, -0.2) is 4.98 Å². The van der Waals surface area contributed by atoms with Crippen molar-refractivity contribution in [2.75, 3.05) is 67.0 Å². The number of hydrogen-bond acceptors (Lipinski definition) is 7. The Morgan fingerprint density at radius 3 is 2.16 bits per heavy atom. The number of imidazole rings is 1. The van der Waals surface area contributed by atoms with Gasteiger partial charge in [0.2, 0.25) is 0 Å². The number of aliphatic carboxylic acids is 1. The largest absolute Gasteiger partial charge is 0.480 e. The maximum atomic E-state index is 11.7. The Bertz CT molecular complexity index is 429. The number of methoxy groups -OCH3 is 2. The molecule has 0 aliphatic rings. The Labute approximate surface area is 148 Å². The van der Waals surface area contributed by atoms with Crippen LogP contribution < -0.4 is 0 Å². The summed E-state index contributed by atoms with van der Waals surface area (Å²) in [6, 6.07) is -0.694. The number of carbonyl (C=O) groups is 1. The lowest BCUT2D eigenvalue weighted by Gasteiger charge is -2.28. The highest BCUT2D eigenvalue weighted by Crippen LogP contribution is 2.08. The predicted octanol–water partition coefficient (Wildman–Crippen LogP) is 0.0334. The summed E-state index contributed by atoms with van der Waals surface area (Å²) >= 11 is 0. The third-order valence-electron chi connectivity index (χ3n) is 3.59. The Kier molecular flexibility index (Phi) is 11.8. The summed E-state index contributed by atoms with van der Waals surface area (Å²) in [7, 11) is 3.22. The van der Waals surface area contributed by atoms with Crippen molar-refractivity contribution in [3.8, 4) is 0 Å². The molecule has 0 unspecified atom stereocenters. The van der Waals surface area contributed by atoms with Crippen molar-refractivity contribution in [1.29, 1.82) is 0 Å². The van der Waals surface area contributed by atoms with Crippen molar-refractivity contribution in [1.82, 2.24) is 14.9 Å². The third kappa shape index (κ3) is 9.51. The highest BCUT2D eigenvalue weighted by atomic mass is 16.5. The standard InChI is InChI=1S/C16H29N3O6/c1-22-7-9-24-5-3-19(4-6-25-10-8-23-2)15(16(20)21)11-14-12-17-13-18-14/h12-13,15H,3-11H2,1-2H3,(H,17,18)(H,20,21)/t15-/m0/s1. The number of ether oxygens (including phenoxy) is 4. The second-order valence-electron chi connectivity index (χ2n) is 5.37. The molecule has 144 valence electrons. The molecule has 9 heteroatoms. The Hall–Kier alpha value is -1.52. The normalized spacial score (nSPS) is 12.6. The fourth-order valence-corrected chi connectivity index (χ4v) is 2.25.